The number of hydrogen-bond acceptors (Lipinski definition) is 4. The van der Waals surface area contributed by atoms with Crippen LogP contribution in [0.4, 0.5) is 19.0 Å². The van der Waals surface area contributed by atoms with Gasteiger partial charge in [0.05, 0.1) is 35.2 Å². The molecule has 2 aromatic heterocycles. The maximum Gasteiger partial charge on any atom is 0.416 e. The van der Waals surface area contributed by atoms with Crippen LogP contribution in [0.25, 0.3) is 16.6 Å². The molecule has 0 bridgehead atoms. The number of carbonyl (C=O) groups excluding carboxylic acids is 1. The molecule has 33 heavy (non-hydrogen) atoms. The highest BCUT2D eigenvalue weighted by molar-refractivity contribution is 5.98. The Labute approximate surface area is 186 Å². The minimum Gasteiger partial charge on any atom is -0.382 e. The number of imidazole rings is 1. The number of piperidine rings is 1. The van der Waals surface area contributed by atoms with Crippen molar-refractivity contribution in [2.75, 3.05) is 12.3 Å². The lowest BCUT2D eigenvalue weighted by molar-refractivity contribution is -0.137. The van der Waals surface area contributed by atoms with E-state index in [9.17, 15) is 18.0 Å². The number of nitrogen functional groups attached to an aromatic ring is 1. The second kappa shape index (κ2) is 6.94. The van der Waals surface area contributed by atoms with Gasteiger partial charge in [0, 0.05) is 12.1 Å². The number of benzene rings is 2. The third-order valence-electron chi connectivity index (χ3n) is 6.91. The van der Waals surface area contributed by atoms with Gasteiger partial charge in [0.1, 0.15) is 11.3 Å². The van der Waals surface area contributed by atoms with Gasteiger partial charge in [0.15, 0.2) is 0 Å². The fourth-order valence-electron chi connectivity index (χ4n) is 5.44. The van der Waals surface area contributed by atoms with Crippen LogP contribution < -0.4 is 5.73 Å². The fourth-order valence-corrected chi connectivity index (χ4v) is 5.44. The van der Waals surface area contributed by atoms with Gasteiger partial charge in [-0.1, -0.05) is 6.07 Å². The van der Waals surface area contributed by atoms with E-state index in [1.807, 2.05) is 4.90 Å². The molecule has 1 saturated heterocycles. The van der Waals surface area contributed by atoms with Crippen LogP contribution in [0, 0.1) is 5.92 Å². The van der Waals surface area contributed by atoms with Crippen LogP contribution in [0.3, 0.4) is 0 Å². The quantitative estimate of drug-likeness (QED) is 0.458. The molecule has 0 saturated carbocycles. The highest BCUT2D eigenvalue weighted by Gasteiger charge is 2.42. The number of rotatable bonds is 1. The Morgan fingerprint density at radius 1 is 1.12 bits per heavy atom. The largest absolute Gasteiger partial charge is 0.416 e. The SMILES string of the molecule is Nc1nc2ccc(C(=O)N3CCCC4Cc5cc(C(F)(F)F)ccc5C43)cc2n2cncc12. The zero-order valence-electron chi connectivity index (χ0n) is 17.5. The number of anilines is 1. The van der Waals surface area contributed by atoms with E-state index < -0.39 is 11.7 Å². The molecule has 1 amide bonds. The Balaban J connectivity index is 1.40. The molecular formula is C24H20F3N5O. The first kappa shape index (κ1) is 20.0. The van der Waals surface area contributed by atoms with Gasteiger partial charge in [-0.05, 0) is 66.6 Å². The molecule has 1 aliphatic carbocycles. The van der Waals surface area contributed by atoms with E-state index >= 15 is 0 Å². The summed E-state index contributed by atoms with van der Waals surface area (Å²) in [4.78, 5) is 24.0. The summed E-state index contributed by atoms with van der Waals surface area (Å²) in [5, 5.41) is 0. The smallest absolute Gasteiger partial charge is 0.382 e. The predicted molar refractivity (Wildman–Crippen MR) is 117 cm³/mol. The maximum atomic E-state index is 13.6. The molecule has 3 heterocycles. The average molecular weight is 451 g/mol. The van der Waals surface area contributed by atoms with E-state index in [1.165, 1.54) is 6.07 Å². The first-order valence-corrected chi connectivity index (χ1v) is 10.8. The van der Waals surface area contributed by atoms with Crippen LogP contribution in [0.15, 0.2) is 48.9 Å². The van der Waals surface area contributed by atoms with Crippen molar-refractivity contribution < 1.29 is 18.0 Å². The van der Waals surface area contributed by atoms with Crippen molar-refractivity contribution in [3.05, 3.63) is 71.2 Å². The average Bonchev–Trinajstić information content (AvgIpc) is 3.43. The Bertz CT molecular complexity index is 1430. The zero-order valence-corrected chi connectivity index (χ0v) is 17.5. The molecule has 6 rings (SSSR count). The number of carbonyl (C=O) groups is 1. The van der Waals surface area contributed by atoms with Crippen LogP contribution in [-0.4, -0.2) is 31.7 Å². The molecular weight excluding hydrogens is 431 g/mol. The molecule has 2 aromatic carbocycles. The van der Waals surface area contributed by atoms with Crippen molar-refractivity contribution in [2.45, 2.75) is 31.5 Å². The first-order chi connectivity index (χ1) is 15.8. The molecule has 9 heteroatoms. The van der Waals surface area contributed by atoms with Crippen LogP contribution in [0.1, 0.15) is 45.9 Å². The van der Waals surface area contributed by atoms with E-state index in [4.69, 9.17) is 5.73 Å². The molecule has 2 unspecified atom stereocenters. The number of likely N-dealkylation sites (tertiary alicyclic amines) is 1. The Hall–Kier alpha value is -3.62. The molecule has 6 nitrogen and oxygen atoms in total. The van der Waals surface area contributed by atoms with Crippen molar-refractivity contribution in [3.8, 4) is 0 Å². The minimum absolute atomic E-state index is 0.128. The molecule has 2 aliphatic rings. The molecule has 2 atom stereocenters. The van der Waals surface area contributed by atoms with E-state index in [0.717, 1.165) is 30.0 Å². The normalized spacial score (nSPS) is 20.3. The van der Waals surface area contributed by atoms with Crippen LogP contribution in [0.5, 0.6) is 0 Å². The second-order valence-corrected chi connectivity index (χ2v) is 8.81. The second-order valence-electron chi connectivity index (χ2n) is 8.81. The summed E-state index contributed by atoms with van der Waals surface area (Å²) in [5.41, 5.74) is 9.43. The molecule has 1 aliphatic heterocycles. The zero-order chi connectivity index (χ0) is 22.9. The Morgan fingerprint density at radius 2 is 1.97 bits per heavy atom. The minimum atomic E-state index is -4.38. The van der Waals surface area contributed by atoms with E-state index in [0.29, 0.717) is 40.9 Å². The third kappa shape index (κ3) is 3.06. The number of halogens is 3. The van der Waals surface area contributed by atoms with E-state index in [-0.39, 0.29) is 17.9 Å². The summed E-state index contributed by atoms with van der Waals surface area (Å²) in [5.74, 6) is 0.353. The van der Waals surface area contributed by atoms with Gasteiger partial charge < -0.3 is 10.6 Å². The number of hydrogen-bond donors (Lipinski definition) is 1. The molecule has 0 spiro atoms. The van der Waals surface area contributed by atoms with Crippen molar-refractivity contribution in [2.24, 2.45) is 5.92 Å². The Morgan fingerprint density at radius 3 is 2.79 bits per heavy atom. The highest BCUT2D eigenvalue weighted by Crippen LogP contribution is 2.47. The predicted octanol–water partition coefficient (Wildman–Crippen LogP) is 4.63. The van der Waals surface area contributed by atoms with Crippen molar-refractivity contribution >= 4 is 28.3 Å². The summed E-state index contributed by atoms with van der Waals surface area (Å²) in [6, 6.07) is 8.99. The van der Waals surface area contributed by atoms with E-state index in [2.05, 4.69) is 9.97 Å². The number of nitrogens with zero attached hydrogens (tertiary/aromatic N) is 4. The van der Waals surface area contributed by atoms with Crippen molar-refractivity contribution in [3.63, 3.8) is 0 Å². The van der Waals surface area contributed by atoms with Gasteiger partial charge in [-0.15, -0.1) is 0 Å². The van der Waals surface area contributed by atoms with E-state index in [1.54, 1.807) is 41.2 Å². The van der Waals surface area contributed by atoms with Crippen LogP contribution in [0.2, 0.25) is 0 Å². The van der Waals surface area contributed by atoms with Gasteiger partial charge in [-0.3, -0.25) is 9.20 Å². The summed E-state index contributed by atoms with van der Waals surface area (Å²) in [6.07, 6.45) is 1.15. The summed E-state index contributed by atoms with van der Waals surface area (Å²) >= 11 is 0. The van der Waals surface area contributed by atoms with Gasteiger partial charge in [0.25, 0.3) is 5.91 Å². The molecule has 1 fully saturated rings. The number of aromatic nitrogens is 3. The number of fused-ring (bicyclic) bond motifs is 6. The monoisotopic (exact) mass is 451 g/mol. The number of alkyl halides is 3. The maximum absolute atomic E-state index is 13.6. The number of amides is 1. The van der Waals surface area contributed by atoms with Gasteiger partial charge in [-0.2, -0.15) is 13.2 Å². The standard InChI is InChI=1S/C24H20F3N5O/c25-24(26,27)16-4-5-17-15(9-16)8-13-2-1-7-31(21(13)17)23(33)14-3-6-18-19(10-14)32-12-29-11-20(32)22(28)30-18/h3-6,9-13,21H,1-2,7-8H2,(H2,28,30). The first-order valence-electron chi connectivity index (χ1n) is 10.8. The van der Waals surface area contributed by atoms with Crippen LogP contribution in [-0.2, 0) is 12.6 Å². The topological polar surface area (TPSA) is 76.5 Å². The van der Waals surface area contributed by atoms with Gasteiger partial charge in [0.2, 0.25) is 0 Å². The lowest BCUT2D eigenvalue weighted by Gasteiger charge is -2.38. The highest BCUT2D eigenvalue weighted by atomic mass is 19.4. The van der Waals surface area contributed by atoms with Crippen molar-refractivity contribution in [1.82, 2.24) is 19.3 Å². The lowest BCUT2D eigenvalue weighted by Crippen LogP contribution is -2.41. The third-order valence-corrected chi connectivity index (χ3v) is 6.91. The van der Waals surface area contributed by atoms with Gasteiger partial charge in [-0.25, -0.2) is 9.97 Å². The molecule has 2 N–H and O–H groups in total. The summed E-state index contributed by atoms with van der Waals surface area (Å²) < 4.78 is 41.4. The Kier molecular flexibility index (Phi) is 4.21. The lowest BCUT2D eigenvalue weighted by atomic mass is 9.89. The molecule has 168 valence electrons. The fraction of sp³-hybridized carbons (Fsp3) is 0.292. The molecule has 0 radical (unpaired) electrons. The van der Waals surface area contributed by atoms with Gasteiger partial charge >= 0.3 is 6.18 Å². The summed E-state index contributed by atoms with van der Waals surface area (Å²) in [6.45, 7) is 0.568. The molecule has 4 aromatic rings. The van der Waals surface area contributed by atoms with Crippen LogP contribution >= 0.6 is 0 Å². The summed E-state index contributed by atoms with van der Waals surface area (Å²) in [7, 11) is 0. The van der Waals surface area contributed by atoms with Crippen molar-refractivity contribution in [1.29, 1.82) is 0 Å². The number of nitrogens with two attached hydrogens (primary N) is 1.